The van der Waals surface area contributed by atoms with E-state index in [1.165, 1.54) is 6.07 Å². The zero-order chi connectivity index (χ0) is 21.0. The lowest BCUT2D eigenvalue weighted by atomic mass is 10.1. The van der Waals surface area contributed by atoms with E-state index in [1.54, 1.807) is 18.2 Å². The van der Waals surface area contributed by atoms with E-state index in [0.717, 1.165) is 17.5 Å². The molecule has 0 bridgehead atoms. The van der Waals surface area contributed by atoms with Crippen LogP contribution in [0.2, 0.25) is 5.02 Å². The van der Waals surface area contributed by atoms with E-state index in [2.05, 4.69) is 26.1 Å². The van der Waals surface area contributed by atoms with Gasteiger partial charge in [0.05, 0.1) is 4.92 Å². The molecule has 0 saturated carbocycles. The number of hydrazine groups is 1. The van der Waals surface area contributed by atoms with Crippen molar-refractivity contribution >= 4 is 40.5 Å². The van der Waals surface area contributed by atoms with E-state index in [0.29, 0.717) is 10.7 Å². The van der Waals surface area contributed by atoms with Crippen molar-refractivity contribution in [1.82, 2.24) is 15.4 Å². The number of benzene rings is 2. The van der Waals surface area contributed by atoms with Crippen LogP contribution in [0.15, 0.2) is 48.8 Å². The summed E-state index contributed by atoms with van der Waals surface area (Å²) in [5.41, 5.74) is 7.32. The number of nitro groups is 1. The summed E-state index contributed by atoms with van der Waals surface area (Å²) in [6.07, 6.45) is 1.16. The molecule has 2 aromatic carbocycles. The third kappa shape index (κ3) is 4.77. The summed E-state index contributed by atoms with van der Waals surface area (Å²) in [5, 5.41) is 15.0. The molecule has 1 amide bonds. The molecule has 0 unspecified atom stereocenters. The molecule has 0 atom stereocenters. The van der Waals surface area contributed by atoms with Crippen LogP contribution in [-0.2, 0) is 0 Å². The van der Waals surface area contributed by atoms with E-state index >= 15 is 0 Å². The normalized spacial score (nSPS) is 10.3. The lowest BCUT2D eigenvalue weighted by Gasteiger charge is -2.12. The van der Waals surface area contributed by atoms with Gasteiger partial charge >= 0.3 is 5.69 Å². The molecule has 0 saturated heterocycles. The van der Waals surface area contributed by atoms with Crippen LogP contribution in [0.3, 0.4) is 0 Å². The molecule has 0 radical (unpaired) electrons. The summed E-state index contributed by atoms with van der Waals surface area (Å²) in [4.78, 5) is 31.2. The standard InChI is InChI=1S/C19H17ClN6O3/c1-11-6-7-12(2)15(8-11)23-17-16(26(28)29)18(22-10-21-17)24-25-19(27)13-4-3-5-14(20)9-13/h3-10H,1-2H3,(H,25,27)(H2,21,22,23,24). The minimum Gasteiger partial charge on any atom is -0.334 e. The second-order valence-electron chi connectivity index (χ2n) is 6.21. The fourth-order valence-electron chi connectivity index (χ4n) is 2.55. The molecule has 1 aromatic heterocycles. The van der Waals surface area contributed by atoms with Gasteiger partial charge < -0.3 is 5.32 Å². The highest BCUT2D eigenvalue weighted by molar-refractivity contribution is 6.30. The Morgan fingerprint density at radius 2 is 1.86 bits per heavy atom. The number of anilines is 3. The van der Waals surface area contributed by atoms with E-state index in [9.17, 15) is 14.9 Å². The molecule has 0 fully saturated rings. The molecular formula is C19H17ClN6O3. The summed E-state index contributed by atoms with van der Waals surface area (Å²) in [7, 11) is 0. The largest absolute Gasteiger partial charge is 0.355 e. The van der Waals surface area contributed by atoms with Gasteiger partial charge in [0.25, 0.3) is 5.91 Å². The van der Waals surface area contributed by atoms with Gasteiger partial charge in [0.15, 0.2) is 0 Å². The second-order valence-corrected chi connectivity index (χ2v) is 6.65. The summed E-state index contributed by atoms with van der Waals surface area (Å²) >= 11 is 5.88. The lowest BCUT2D eigenvalue weighted by Crippen LogP contribution is -2.30. The number of aryl methyl sites for hydroxylation is 2. The lowest BCUT2D eigenvalue weighted by molar-refractivity contribution is -0.383. The number of amides is 1. The van der Waals surface area contributed by atoms with Crippen LogP contribution in [0.25, 0.3) is 0 Å². The van der Waals surface area contributed by atoms with Crippen molar-refractivity contribution in [2.75, 3.05) is 10.7 Å². The third-order valence-corrected chi connectivity index (χ3v) is 4.27. The van der Waals surface area contributed by atoms with Crippen LogP contribution < -0.4 is 16.2 Å². The Labute approximate surface area is 171 Å². The molecular weight excluding hydrogens is 396 g/mol. The Balaban J connectivity index is 1.86. The maximum absolute atomic E-state index is 12.2. The zero-order valence-corrected chi connectivity index (χ0v) is 16.3. The first-order valence-electron chi connectivity index (χ1n) is 8.50. The minimum atomic E-state index is -0.624. The third-order valence-electron chi connectivity index (χ3n) is 4.03. The molecule has 0 spiro atoms. The Morgan fingerprint density at radius 3 is 2.59 bits per heavy atom. The molecule has 3 aromatic rings. The van der Waals surface area contributed by atoms with Gasteiger partial charge in [0.2, 0.25) is 11.6 Å². The number of carbonyl (C=O) groups excluding carboxylic acids is 1. The van der Waals surface area contributed by atoms with Crippen molar-refractivity contribution < 1.29 is 9.72 Å². The zero-order valence-electron chi connectivity index (χ0n) is 15.6. The van der Waals surface area contributed by atoms with Crippen molar-refractivity contribution in [3.8, 4) is 0 Å². The Kier molecular flexibility index (Phi) is 5.89. The van der Waals surface area contributed by atoms with Crippen molar-refractivity contribution in [3.63, 3.8) is 0 Å². The minimum absolute atomic E-state index is 0.00166. The maximum atomic E-state index is 12.2. The van der Waals surface area contributed by atoms with Crippen LogP contribution in [0.4, 0.5) is 23.0 Å². The predicted octanol–water partition coefficient (Wildman–Crippen LogP) is 4.16. The van der Waals surface area contributed by atoms with Gasteiger partial charge in [-0.25, -0.2) is 9.97 Å². The monoisotopic (exact) mass is 412 g/mol. The smallest absolute Gasteiger partial charge is 0.334 e. The number of hydrogen-bond donors (Lipinski definition) is 3. The molecule has 0 aliphatic heterocycles. The summed E-state index contributed by atoms with van der Waals surface area (Å²) < 4.78 is 0. The number of nitrogens with one attached hydrogen (secondary N) is 3. The molecule has 3 N–H and O–H groups in total. The van der Waals surface area contributed by atoms with Crippen LogP contribution in [0.5, 0.6) is 0 Å². The van der Waals surface area contributed by atoms with Crippen LogP contribution in [0.1, 0.15) is 21.5 Å². The van der Waals surface area contributed by atoms with Crippen LogP contribution in [-0.4, -0.2) is 20.8 Å². The fraction of sp³-hybridized carbons (Fsp3) is 0.105. The van der Waals surface area contributed by atoms with Crippen LogP contribution in [0, 0.1) is 24.0 Å². The van der Waals surface area contributed by atoms with Gasteiger partial charge in [-0.15, -0.1) is 0 Å². The van der Waals surface area contributed by atoms with Crippen molar-refractivity contribution in [2.45, 2.75) is 13.8 Å². The Bertz CT molecular complexity index is 1090. The highest BCUT2D eigenvalue weighted by atomic mass is 35.5. The fourth-order valence-corrected chi connectivity index (χ4v) is 2.74. The Hall–Kier alpha value is -3.72. The van der Waals surface area contributed by atoms with Gasteiger partial charge in [0, 0.05) is 16.3 Å². The van der Waals surface area contributed by atoms with E-state index in [1.807, 2.05) is 32.0 Å². The van der Waals surface area contributed by atoms with Gasteiger partial charge in [-0.2, -0.15) is 0 Å². The number of aromatic nitrogens is 2. The van der Waals surface area contributed by atoms with Crippen molar-refractivity contribution in [1.29, 1.82) is 0 Å². The average molecular weight is 413 g/mol. The average Bonchev–Trinajstić information content (AvgIpc) is 2.68. The molecule has 0 aliphatic rings. The van der Waals surface area contributed by atoms with Gasteiger partial charge in [-0.1, -0.05) is 29.8 Å². The van der Waals surface area contributed by atoms with Crippen molar-refractivity contribution in [2.24, 2.45) is 0 Å². The first-order chi connectivity index (χ1) is 13.8. The van der Waals surface area contributed by atoms with E-state index in [4.69, 9.17) is 11.6 Å². The molecule has 9 nitrogen and oxygen atoms in total. The molecule has 148 valence electrons. The number of halogens is 1. The predicted molar refractivity (Wildman–Crippen MR) is 110 cm³/mol. The van der Waals surface area contributed by atoms with E-state index < -0.39 is 16.5 Å². The van der Waals surface area contributed by atoms with E-state index in [-0.39, 0.29) is 17.2 Å². The first-order valence-corrected chi connectivity index (χ1v) is 8.88. The number of carbonyl (C=O) groups is 1. The number of nitrogens with zero attached hydrogens (tertiary/aromatic N) is 3. The quantitative estimate of drug-likeness (QED) is 0.410. The van der Waals surface area contributed by atoms with Gasteiger partial charge in [0.1, 0.15) is 6.33 Å². The Morgan fingerprint density at radius 1 is 1.10 bits per heavy atom. The molecule has 29 heavy (non-hydrogen) atoms. The SMILES string of the molecule is Cc1ccc(C)c(Nc2ncnc(NNC(=O)c3cccc(Cl)c3)c2[N+](=O)[O-])c1. The summed E-state index contributed by atoms with van der Waals surface area (Å²) in [5.74, 6) is -0.684. The molecule has 0 aliphatic carbocycles. The van der Waals surface area contributed by atoms with Gasteiger partial charge in [-0.05, 0) is 49.2 Å². The molecule has 10 heteroatoms. The second kappa shape index (κ2) is 8.53. The maximum Gasteiger partial charge on any atom is 0.355 e. The number of hydrogen-bond acceptors (Lipinski definition) is 7. The summed E-state index contributed by atoms with van der Waals surface area (Å²) in [6, 6.07) is 12.0. The highest BCUT2D eigenvalue weighted by Gasteiger charge is 2.24. The van der Waals surface area contributed by atoms with Crippen molar-refractivity contribution in [3.05, 3.63) is 80.6 Å². The summed E-state index contributed by atoms with van der Waals surface area (Å²) in [6.45, 7) is 3.79. The topological polar surface area (TPSA) is 122 Å². The van der Waals surface area contributed by atoms with Gasteiger partial charge in [-0.3, -0.25) is 25.8 Å². The molecule has 1 heterocycles. The molecule has 3 rings (SSSR count). The number of rotatable bonds is 6. The first kappa shape index (κ1) is 20.0. The van der Waals surface area contributed by atoms with Crippen LogP contribution >= 0.6 is 11.6 Å². The highest BCUT2D eigenvalue weighted by Crippen LogP contribution is 2.32.